The van der Waals surface area contributed by atoms with Crippen LogP contribution in [0.3, 0.4) is 0 Å². The van der Waals surface area contributed by atoms with E-state index in [0.29, 0.717) is 19.4 Å². The van der Waals surface area contributed by atoms with Gasteiger partial charge in [0.2, 0.25) is 0 Å². The molecule has 0 bridgehead atoms. The molecule has 3 nitrogen and oxygen atoms in total. The fourth-order valence-electron chi connectivity index (χ4n) is 1.79. The van der Waals surface area contributed by atoms with Gasteiger partial charge in [0.1, 0.15) is 0 Å². The number of halogens is 1. The molecule has 0 aliphatic heterocycles. The Morgan fingerprint density at radius 1 is 1.11 bits per heavy atom. The summed E-state index contributed by atoms with van der Waals surface area (Å²) >= 11 is 3.43. The van der Waals surface area contributed by atoms with E-state index >= 15 is 0 Å². The van der Waals surface area contributed by atoms with Crippen LogP contribution in [0.5, 0.6) is 0 Å². The van der Waals surface area contributed by atoms with Crippen molar-refractivity contribution in [1.82, 2.24) is 0 Å². The molecule has 1 aromatic rings. The second kappa shape index (κ2) is 8.11. The molecule has 1 rings (SSSR count). The van der Waals surface area contributed by atoms with E-state index in [9.17, 15) is 4.57 Å². The molecular formula is C13H20BrO3P. The predicted octanol–water partition coefficient (Wildman–Crippen LogP) is 4.39. The highest BCUT2D eigenvalue weighted by molar-refractivity contribution is 9.09. The fourth-order valence-corrected chi connectivity index (χ4v) is 3.98. The first kappa shape index (κ1) is 15.9. The minimum Gasteiger partial charge on any atom is -0.309 e. The van der Waals surface area contributed by atoms with Crippen LogP contribution < -0.4 is 0 Å². The maximum absolute atomic E-state index is 12.5. The molecule has 0 heterocycles. The second-order valence-corrected chi connectivity index (χ2v) is 6.66. The van der Waals surface area contributed by atoms with Crippen molar-refractivity contribution in [3.63, 3.8) is 0 Å². The largest absolute Gasteiger partial charge is 0.335 e. The quantitative estimate of drug-likeness (QED) is 0.522. The molecule has 0 atom stereocenters. The van der Waals surface area contributed by atoms with Gasteiger partial charge < -0.3 is 9.05 Å². The van der Waals surface area contributed by atoms with Crippen molar-refractivity contribution in [2.45, 2.75) is 26.4 Å². The molecule has 0 radical (unpaired) electrons. The van der Waals surface area contributed by atoms with E-state index in [1.54, 1.807) is 0 Å². The summed E-state index contributed by atoms with van der Waals surface area (Å²) in [6, 6.07) is 7.99. The lowest BCUT2D eigenvalue weighted by Gasteiger charge is -2.18. The van der Waals surface area contributed by atoms with Crippen molar-refractivity contribution in [3.8, 4) is 0 Å². The average molecular weight is 335 g/mol. The zero-order valence-corrected chi connectivity index (χ0v) is 13.4. The van der Waals surface area contributed by atoms with Crippen LogP contribution in [0.25, 0.3) is 0 Å². The van der Waals surface area contributed by atoms with Crippen molar-refractivity contribution in [3.05, 3.63) is 35.4 Å². The Morgan fingerprint density at radius 3 is 2.17 bits per heavy atom. The third-order valence-corrected chi connectivity index (χ3v) is 4.93. The lowest BCUT2D eigenvalue weighted by atomic mass is 10.1. The monoisotopic (exact) mass is 334 g/mol. The van der Waals surface area contributed by atoms with Crippen molar-refractivity contribution in [2.24, 2.45) is 0 Å². The Kier molecular flexibility index (Phi) is 7.16. The van der Waals surface area contributed by atoms with E-state index in [-0.39, 0.29) is 0 Å². The Bertz CT molecular complexity index is 399. The minimum absolute atomic E-state index is 0.345. The molecule has 102 valence electrons. The third-order valence-electron chi connectivity index (χ3n) is 2.50. The van der Waals surface area contributed by atoms with Gasteiger partial charge in [-0.3, -0.25) is 4.57 Å². The van der Waals surface area contributed by atoms with Crippen LogP contribution in [0.2, 0.25) is 0 Å². The molecule has 0 amide bonds. The smallest absolute Gasteiger partial charge is 0.309 e. The van der Waals surface area contributed by atoms with Crippen molar-refractivity contribution < 1.29 is 13.6 Å². The lowest BCUT2D eigenvalue weighted by molar-refractivity contribution is 0.219. The fraction of sp³-hybridized carbons (Fsp3) is 0.538. The van der Waals surface area contributed by atoms with Gasteiger partial charge in [-0.1, -0.05) is 40.2 Å². The summed E-state index contributed by atoms with van der Waals surface area (Å²) < 4.78 is 23.1. The molecule has 0 aliphatic carbocycles. The van der Waals surface area contributed by atoms with Crippen molar-refractivity contribution >= 4 is 23.5 Å². The molecule has 0 unspecified atom stereocenters. The summed E-state index contributed by atoms with van der Waals surface area (Å²) in [6.45, 7) is 4.46. The van der Waals surface area contributed by atoms with Gasteiger partial charge in [0, 0.05) is 5.33 Å². The van der Waals surface area contributed by atoms with Crippen LogP contribution in [0.1, 0.15) is 25.0 Å². The number of aryl methyl sites for hydroxylation is 1. The molecule has 0 N–H and O–H groups in total. The van der Waals surface area contributed by atoms with Gasteiger partial charge in [-0.25, -0.2) is 0 Å². The SMILES string of the molecule is CCOP(=O)(Cc1ccccc1CCBr)OCC. The topological polar surface area (TPSA) is 35.5 Å². The lowest BCUT2D eigenvalue weighted by Crippen LogP contribution is -2.02. The molecule has 0 fully saturated rings. The zero-order chi connectivity index (χ0) is 13.4. The average Bonchev–Trinajstić information content (AvgIpc) is 2.32. The number of hydrogen-bond donors (Lipinski definition) is 0. The number of alkyl halides is 1. The van der Waals surface area contributed by atoms with Crippen LogP contribution in [0, 0.1) is 0 Å². The van der Waals surface area contributed by atoms with Gasteiger partial charge in [0.05, 0.1) is 19.4 Å². The molecule has 18 heavy (non-hydrogen) atoms. The van der Waals surface area contributed by atoms with E-state index in [2.05, 4.69) is 22.0 Å². The maximum atomic E-state index is 12.5. The summed E-state index contributed by atoms with van der Waals surface area (Å²) in [7, 11) is -3.01. The van der Waals surface area contributed by atoms with Crippen molar-refractivity contribution in [2.75, 3.05) is 18.5 Å². The standard InChI is InChI=1S/C13H20BrO3P/c1-3-16-18(15,17-4-2)11-13-8-6-5-7-12(13)9-10-14/h5-8H,3-4,9-11H2,1-2H3. The summed E-state index contributed by atoms with van der Waals surface area (Å²) in [5.41, 5.74) is 2.23. The minimum atomic E-state index is -3.01. The Morgan fingerprint density at radius 2 is 1.67 bits per heavy atom. The van der Waals surface area contributed by atoms with Crippen LogP contribution in [-0.2, 0) is 26.2 Å². The second-order valence-electron chi connectivity index (χ2n) is 3.81. The van der Waals surface area contributed by atoms with E-state index in [4.69, 9.17) is 9.05 Å². The van der Waals surface area contributed by atoms with Gasteiger partial charge >= 0.3 is 7.60 Å². The van der Waals surface area contributed by atoms with Crippen LogP contribution in [0.15, 0.2) is 24.3 Å². The predicted molar refractivity (Wildman–Crippen MR) is 78.5 cm³/mol. The number of hydrogen-bond acceptors (Lipinski definition) is 3. The first-order valence-electron chi connectivity index (χ1n) is 6.16. The summed E-state index contributed by atoms with van der Waals surface area (Å²) in [4.78, 5) is 0. The molecule has 0 aliphatic rings. The van der Waals surface area contributed by atoms with Crippen LogP contribution in [-0.4, -0.2) is 18.5 Å². The van der Waals surface area contributed by atoms with Crippen LogP contribution >= 0.6 is 23.5 Å². The molecular weight excluding hydrogens is 315 g/mol. The van der Waals surface area contributed by atoms with E-state index in [1.807, 2.05) is 32.0 Å². The molecule has 1 aromatic carbocycles. The Labute approximate surface area is 118 Å². The highest BCUT2D eigenvalue weighted by Gasteiger charge is 2.24. The third kappa shape index (κ3) is 4.85. The highest BCUT2D eigenvalue weighted by Crippen LogP contribution is 2.51. The van der Waals surface area contributed by atoms with Gasteiger partial charge in [-0.15, -0.1) is 0 Å². The zero-order valence-electron chi connectivity index (χ0n) is 10.9. The van der Waals surface area contributed by atoms with E-state index in [1.165, 1.54) is 5.56 Å². The summed E-state index contributed by atoms with van der Waals surface area (Å²) in [6.07, 6.45) is 1.26. The highest BCUT2D eigenvalue weighted by atomic mass is 79.9. The van der Waals surface area contributed by atoms with Gasteiger partial charge in [0.15, 0.2) is 0 Å². The molecule has 0 saturated carbocycles. The normalized spacial score (nSPS) is 11.7. The van der Waals surface area contributed by atoms with Crippen LogP contribution in [0.4, 0.5) is 0 Å². The Balaban J connectivity index is 2.89. The van der Waals surface area contributed by atoms with Gasteiger partial charge in [-0.05, 0) is 31.4 Å². The summed E-state index contributed by atoms with van der Waals surface area (Å²) in [5.74, 6) is 0. The molecule has 0 saturated heterocycles. The maximum Gasteiger partial charge on any atom is 0.335 e. The molecule has 0 aromatic heterocycles. The molecule has 0 spiro atoms. The number of rotatable bonds is 8. The van der Waals surface area contributed by atoms with Gasteiger partial charge in [-0.2, -0.15) is 0 Å². The number of benzene rings is 1. The van der Waals surface area contributed by atoms with E-state index < -0.39 is 7.60 Å². The van der Waals surface area contributed by atoms with Gasteiger partial charge in [0.25, 0.3) is 0 Å². The first-order valence-corrected chi connectivity index (χ1v) is 9.01. The Hall–Kier alpha value is -0.150. The van der Waals surface area contributed by atoms with E-state index in [0.717, 1.165) is 17.3 Å². The first-order chi connectivity index (χ1) is 8.65. The van der Waals surface area contributed by atoms with Crippen molar-refractivity contribution in [1.29, 1.82) is 0 Å². The molecule has 5 heteroatoms. The summed E-state index contributed by atoms with van der Waals surface area (Å²) in [5, 5.41) is 0.886.